The molecular weight excluding hydrogens is 293 g/mol. The molecule has 0 saturated heterocycles. The molecule has 2 aromatic rings. The number of aromatic hydroxyl groups is 1. The van der Waals surface area contributed by atoms with Gasteiger partial charge in [0.1, 0.15) is 5.75 Å². The van der Waals surface area contributed by atoms with Crippen molar-refractivity contribution >= 4 is 39.1 Å². The molecule has 0 aliphatic rings. The van der Waals surface area contributed by atoms with Gasteiger partial charge in [0.2, 0.25) is 0 Å². The number of phenolic OH excluding ortho intramolecular Hbond substituents is 1. The molecular formula is C10H6INO2. The molecule has 0 unspecified atom stereocenters. The third-order valence-electron chi connectivity index (χ3n) is 2.03. The predicted octanol–water partition coefficient (Wildman–Crippen LogP) is 3.55. The fraction of sp³-hybridized carbons (Fsp3) is 0. The monoisotopic (exact) mass is 299 g/mol. The molecule has 0 aliphatic carbocycles. The topological polar surface area (TPSA) is 49.7 Å². The van der Waals surface area contributed by atoms with Crippen LogP contribution in [0.4, 0.5) is 5.69 Å². The molecule has 4 heteroatoms. The highest BCUT2D eigenvalue weighted by Gasteiger charge is 2.07. The third-order valence-corrected chi connectivity index (χ3v) is 2.70. The molecule has 0 saturated carbocycles. The Balaban J connectivity index is 2.91. The van der Waals surface area contributed by atoms with E-state index < -0.39 is 0 Å². The van der Waals surface area contributed by atoms with Crippen LogP contribution in [-0.2, 0) is 0 Å². The Morgan fingerprint density at radius 1 is 1.21 bits per heavy atom. The SMILES string of the molecule is O=Nc1c(O)ccc2ccc(I)cc12. The molecule has 2 rings (SSSR count). The molecule has 1 N–H and O–H groups in total. The van der Waals surface area contributed by atoms with Gasteiger partial charge in [0.05, 0.1) is 0 Å². The van der Waals surface area contributed by atoms with Crippen molar-refractivity contribution in [3.05, 3.63) is 38.8 Å². The zero-order valence-corrected chi connectivity index (χ0v) is 9.22. The Hall–Kier alpha value is -1.17. The van der Waals surface area contributed by atoms with Crippen molar-refractivity contribution in [3.8, 4) is 5.75 Å². The van der Waals surface area contributed by atoms with E-state index in [0.717, 1.165) is 8.96 Å². The van der Waals surface area contributed by atoms with Crippen LogP contribution in [-0.4, -0.2) is 5.11 Å². The Morgan fingerprint density at radius 3 is 2.64 bits per heavy atom. The van der Waals surface area contributed by atoms with Crippen LogP contribution in [0.1, 0.15) is 0 Å². The van der Waals surface area contributed by atoms with Crippen LogP contribution in [0, 0.1) is 8.48 Å². The first-order valence-corrected chi connectivity index (χ1v) is 5.05. The van der Waals surface area contributed by atoms with Gasteiger partial charge in [0, 0.05) is 8.96 Å². The van der Waals surface area contributed by atoms with Crippen LogP contribution in [0.25, 0.3) is 10.8 Å². The number of nitroso groups, excluding NO2 is 1. The fourth-order valence-corrected chi connectivity index (χ4v) is 1.85. The Bertz CT molecular complexity index is 505. The van der Waals surface area contributed by atoms with Gasteiger partial charge in [-0.3, -0.25) is 0 Å². The highest BCUT2D eigenvalue weighted by atomic mass is 127. The van der Waals surface area contributed by atoms with Gasteiger partial charge in [0.25, 0.3) is 0 Å². The van der Waals surface area contributed by atoms with Gasteiger partial charge in [-0.1, -0.05) is 12.1 Å². The summed E-state index contributed by atoms with van der Waals surface area (Å²) in [5.74, 6) is -0.0745. The highest BCUT2D eigenvalue weighted by Crippen LogP contribution is 2.35. The van der Waals surface area contributed by atoms with Gasteiger partial charge in [-0.05, 0) is 51.4 Å². The average molecular weight is 299 g/mol. The first-order chi connectivity index (χ1) is 6.72. The number of hydrogen-bond acceptors (Lipinski definition) is 3. The van der Waals surface area contributed by atoms with Gasteiger partial charge in [0.15, 0.2) is 5.69 Å². The van der Waals surface area contributed by atoms with E-state index in [1.54, 1.807) is 6.07 Å². The van der Waals surface area contributed by atoms with Crippen LogP contribution < -0.4 is 0 Å². The molecule has 3 nitrogen and oxygen atoms in total. The molecule has 0 bridgehead atoms. The van der Waals surface area contributed by atoms with Crippen molar-refractivity contribution < 1.29 is 5.11 Å². The smallest absolute Gasteiger partial charge is 0.157 e. The number of hydrogen-bond donors (Lipinski definition) is 1. The average Bonchev–Trinajstić information content (AvgIpc) is 2.17. The summed E-state index contributed by atoms with van der Waals surface area (Å²) in [4.78, 5) is 10.5. The van der Waals surface area contributed by atoms with Gasteiger partial charge in [-0.15, -0.1) is 4.91 Å². The minimum atomic E-state index is -0.0745. The van der Waals surface area contributed by atoms with Gasteiger partial charge < -0.3 is 5.11 Å². The highest BCUT2D eigenvalue weighted by molar-refractivity contribution is 14.1. The molecule has 2 aromatic carbocycles. The van der Waals surface area contributed by atoms with Crippen LogP contribution >= 0.6 is 22.6 Å². The summed E-state index contributed by atoms with van der Waals surface area (Å²) in [5, 5.41) is 13.8. The molecule has 0 fully saturated rings. The van der Waals surface area contributed by atoms with E-state index in [1.165, 1.54) is 6.07 Å². The number of halogens is 1. The van der Waals surface area contributed by atoms with Crippen molar-refractivity contribution in [2.24, 2.45) is 5.18 Å². The molecule has 0 atom stereocenters. The summed E-state index contributed by atoms with van der Waals surface area (Å²) in [6.45, 7) is 0. The molecule has 0 radical (unpaired) electrons. The number of benzene rings is 2. The van der Waals surface area contributed by atoms with Gasteiger partial charge >= 0.3 is 0 Å². The Morgan fingerprint density at radius 2 is 1.93 bits per heavy atom. The molecule has 0 heterocycles. The van der Waals surface area contributed by atoms with E-state index in [4.69, 9.17) is 0 Å². The standard InChI is InChI=1S/C10H6INO2/c11-7-3-1-6-2-4-9(13)10(12-14)8(6)5-7/h1-5,13H. The first kappa shape index (κ1) is 9.39. The molecule has 0 aromatic heterocycles. The van der Waals surface area contributed by atoms with Crippen molar-refractivity contribution in [1.29, 1.82) is 0 Å². The molecule has 14 heavy (non-hydrogen) atoms. The van der Waals surface area contributed by atoms with Crippen molar-refractivity contribution in [1.82, 2.24) is 0 Å². The summed E-state index contributed by atoms with van der Waals surface area (Å²) in [6, 6.07) is 8.90. The minimum absolute atomic E-state index is 0.0745. The second-order valence-electron chi connectivity index (χ2n) is 2.89. The van der Waals surface area contributed by atoms with Crippen LogP contribution in [0.3, 0.4) is 0 Å². The fourth-order valence-electron chi connectivity index (χ4n) is 1.36. The van der Waals surface area contributed by atoms with Crippen molar-refractivity contribution in [3.63, 3.8) is 0 Å². The molecule has 0 aliphatic heterocycles. The maximum Gasteiger partial charge on any atom is 0.157 e. The second-order valence-corrected chi connectivity index (χ2v) is 4.14. The number of nitrogens with zero attached hydrogens (tertiary/aromatic N) is 1. The number of rotatable bonds is 1. The maximum atomic E-state index is 10.5. The Kier molecular flexibility index (Phi) is 2.37. The third kappa shape index (κ3) is 1.45. The maximum absolute atomic E-state index is 10.5. The van der Waals surface area contributed by atoms with E-state index in [0.29, 0.717) is 5.39 Å². The first-order valence-electron chi connectivity index (χ1n) is 3.97. The molecule has 0 spiro atoms. The van der Waals surface area contributed by atoms with E-state index in [9.17, 15) is 10.0 Å². The van der Waals surface area contributed by atoms with Crippen LogP contribution in [0.2, 0.25) is 0 Å². The lowest BCUT2D eigenvalue weighted by atomic mass is 10.1. The second kappa shape index (κ2) is 3.53. The zero-order chi connectivity index (χ0) is 10.1. The molecule has 70 valence electrons. The summed E-state index contributed by atoms with van der Waals surface area (Å²) in [6.07, 6.45) is 0. The largest absolute Gasteiger partial charge is 0.506 e. The summed E-state index contributed by atoms with van der Waals surface area (Å²) < 4.78 is 1.01. The lowest BCUT2D eigenvalue weighted by molar-refractivity contribution is 0.477. The van der Waals surface area contributed by atoms with Crippen LogP contribution in [0.15, 0.2) is 35.5 Å². The van der Waals surface area contributed by atoms with Gasteiger partial charge in [-0.2, -0.15) is 0 Å². The summed E-state index contributed by atoms with van der Waals surface area (Å²) >= 11 is 2.15. The van der Waals surface area contributed by atoms with E-state index >= 15 is 0 Å². The number of phenols is 1. The molecule has 0 amide bonds. The normalized spacial score (nSPS) is 10.4. The van der Waals surface area contributed by atoms with E-state index in [1.807, 2.05) is 18.2 Å². The summed E-state index contributed by atoms with van der Waals surface area (Å²) in [7, 11) is 0. The van der Waals surface area contributed by atoms with E-state index in [-0.39, 0.29) is 11.4 Å². The van der Waals surface area contributed by atoms with E-state index in [2.05, 4.69) is 27.8 Å². The minimum Gasteiger partial charge on any atom is -0.506 e. The number of fused-ring (bicyclic) bond motifs is 1. The van der Waals surface area contributed by atoms with Crippen LogP contribution in [0.5, 0.6) is 5.75 Å². The summed E-state index contributed by atoms with van der Waals surface area (Å²) in [5.41, 5.74) is 0.112. The lowest BCUT2D eigenvalue weighted by Gasteiger charge is -2.02. The Labute approximate surface area is 93.9 Å². The van der Waals surface area contributed by atoms with Crippen molar-refractivity contribution in [2.45, 2.75) is 0 Å². The van der Waals surface area contributed by atoms with Gasteiger partial charge in [-0.25, -0.2) is 0 Å². The van der Waals surface area contributed by atoms with Crippen molar-refractivity contribution in [2.75, 3.05) is 0 Å². The zero-order valence-electron chi connectivity index (χ0n) is 7.07. The lowest BCUT2D eigenvalue weighted by Crippen LogP contribution is -1.76. The predicted molar refractivity (Wildman–Crippen MR) is 63.8 cm³/mol. The quantitative estimate of drug-likeness (QED) is 0.646.